The maximum Gasteiger partial charge on any atom is -0.0159 e. The van der Waals surface area contributed by atoms with Gasteiger partial charge >= 0.3 is 0 Å². The maximum absolute atomic E-state index is 2.47. The summed E-state index contributed by atoms with van der Waals surface area (Å²) < 4.78 is 0. The summed E-state index contributed by atoms with van der Waals surface area (Å²) in [5.41, 5.74) is 0. The van der Waals surface area contributed by atoms with Crippen molar-refractivity contribution < 1.29 is 0 Å². The Morgan fingerprint density at radius 1 is 1.12 bits per heavy atom. The molecule has 48 valence electrons. The second-order valence-corrected chi connectivity index (χ2v) is 12.2. The third-order valence-corrected chi connectivity index (χ3v) is 10.3. The Kier molecular flexibility index (Phi) is 4.56. The van der Waals surface area contributed by atoms with Gasteiger partial charge in [0.05, 0.1) is 0 Å². The normalized spacial score (nSPS) is 9.00. The van der Waals surface area contributed by atoms with Gasteiger partial charge in [-0.25, -0.2) is 0 Å². The van der Waals surface area contributed by atoms with Gasteiger partial charge in [0.2, 0.25) is 0 Å². The standard InChI is InChI=1S/C6H16Si2/c1-5-6-8(4)7(2)3/h5-6H2,1-4H3. The first-order chi connectivity index (χ1) is 3.68. The highest BCUT2D eigenvalue weighted by Crippen LogP contribution is 1.90. The monoisotopic (exact) mass is 144 g/mol. The highest BCUT2D eigenvalue weighted by molar-refractivity contribution is 6.94. The van der Waals surface area contributed by atoms with Crippen molar-refractivity contribution in [2.75, 3.05) is 0 Å². The minimum atomic E-state index is 0.127. The van der Waals surface area contributed by atoms with E-state index in [1.807, 2.05) is 0 Å². The van der Waals surface area contributed by atoms with E-state index >= 15 is 0 Å². The van der Waals surface area contributed by atoms with Crippen molar-refractivity contribution in [2.24, 2.45) is 0 Å². The Labute approximate surface area is 55.5 Å². The zero-order valence-corrected chi connectivity index (χ0v) is 8.41. The highest BCUT2D eigenvalue weighted by atomic mass is 28.9. The summed E-state index contributed by atoms with van der Waals surface area (Å²) >= 11 is 0. The molecule has 0 saturated heterocycles. The predicted molar refractivity (Wildman–Crippen MR) is 44.2 cm³/mol. The molecule has 0 heterocycles. The Bertz CT molecular complexity index is 90.7. The van der Waals surface area contributed by atoms with Crippen LogP contribution in [-0.4, -0.2) is 15.8 Å². The Morgan fingerprint density at radius 2 is 1.62 bits per heavy atom. The van der Waals surface area contributed by atoms with E-state index in [0.717, 1.165) is 0 Å². The molecular formula is C6H16Si2. The van der Waals surface area contributed by atoms with Gasteiger partial charge in [-0.15, -0.1) is 0 Å². The maximum atomic E-state index is 2.47. The van der Waals surface area contributed by atoms with Crippen LogP contribution in [0.3, 0.4) is 0 Å². The molecule has 0 unspecified atom stereocenters. The molecule has 8 heavy (non-hydrogen) atoms. The van der Waals surface area contributed by atoms with Crippen LogP contribution in [0.1, 0.15) is 13.3 Å². The van der Waals surface area contributed by atoms with Gasteiger partial charge in [0.1, 0.15) is 0 Å². The van der Waals surface area contributed by atoms with E-state index in [0.29, 0.717) is 0 Å². The first kappa shape index (κ1) is 8.43. The molecule has 0 aromatic heterocycles. The molecule has 0 nitrogen and oxygen atoms in total. The average Bonchev–Trinajstić information content (AvgIpc) is 1.67. The van der Waals surface area contributed by atoms with Crippen LogP contribution in [0.4, 0.5) is 0 Å². The summed E-state index contributed by atoms with van der Waals surface area (Å²) in [4.78, 5) is 0. The summed E-state index contributed by atoms with van der Waals surface area (Å²) in [7, 11) is 0.271. The van der Waals surface area contributed by atoms with Crippen molar-refractivity contribution in [1.82, 2.24) is 0 Å². The van der Waals surface area contributed by atoms with Gasteiger partial charge in [0.25, 0.3) is 0 Å². The van der Waals surface area contributed by atoms with Gasteiger partial charge in [0.15, 0.2) is 0 Å². The van der Waals surface area contributed by atoms with Gasteiger partial charge in [-0.1, -0.05) is 33.0 Å². The molecule has 0 atom stereocenters. The molecule has 0 amide bonds. The summed E-state index contributed by atoms with van der Waals surface area (Å²) in [5, 5.41) is 0. The fourth-order valence-corrected chi connectivity index (χ4v) is 4.12. The van der Waals surface area contributed by atoms with Crippen molar-refractivity contribution in [3.05, 3.63) is 0 Å². The van der Waals surface area contributed by atoms with E-state index in [9.17, 15) is 0 Å². The minimum Gasteiger partial charge on any atom is -0.0654 e. The lowest BCUT2D eigenvalue weighted by molar-refractivity contribution is 1.07. The van der Waals surface area contributed by atoms with Crippen molar-refractivity contribution in [1.29, 1.82) is 0 Å². The van der Waals surface area contributed by atoms with Crippen LogP contribution in [0.2, 0.25) is 25.7 Å². The number of hydrogen-bond donors (Lipinski definition) is 0. The van der Waals surface area contributed by atoms with Crippen molar-refractivity contribution in [3.63, 3.8) is 0 Å². The molecule has 0 aliphatic carbocycles. The molecular weight excluding hydrogens is 128 g/mol. The fourth-order valence-electron chi connectivity index (χ4n) is 0.625. The second kappa shape index (κ2) is 4.33. The lowest BCUT2D eigenvalue weighted by Crippen LogP contribution is -2.05. The summed E-state index contributed by atoms with van der Waals surface area (Å²) in [5.74, 6) is 0. The first-order valence-electron chi connectivity index (χ1n) is 3.31. The first-order valence-corrected chi connectivity index (χ1v) is 9.02. The summed E-state index contributed by atoms with van der Waals surface area (Å²) in [6.45, 7) is 9.64. The molecule has 0 bridgehead atoms. The SMILES string of the molecule is CCC[Si](C)=[Si](C)C. The smallest absolute Gasteiger partial charge is 0.0159 e. The molecule has 0 fully saturated rings. The van der Waals surface area contributed by atoms with Crippen LogP contribution in [0.25, 0.3) is 0 Å². The Morgan fingerprint density at radius 3 is 1.75 bits per heavy atom. The molecule has 0 aliphatic rings. The minimum absolute atomic E-state index is 0.127. The molecule has 0 N–H and O–H groups in total. The van der Waals surface area contributed by atoms with Gasteiger partial charge in [0, 0.05) is 0 Å². The number of hydrogen-bond acceptors (Lipinski definition) is 0. The van der Waals surface area contributed by atoms with Crippen LogP contribution >= 0.6 is 0 Å². The van der Waals surface area contributed by atoms with Gasteiger partial charge < -0.3 is 0 Å². The fraction of sp³-hybridized carbons (Fsp3) is 1.00. The Balaban J connectivity index is 3.62. The van der Waals surface area contributed by atoms with Crippen LogP contribution in [0.5, 0.6) is 0 Å². The second-order valence-electron chi connectivity index (χ2n) is 2.53. The summed E-state index contributed by atoms with van der Waals surface area (Å²) in [6, 6.07) is 1.53. The van der Waals surface area contributed by atoms with Gasteiger partial charge in [-0.2, -0.15) is 0 Å². The average molecular weight is 144 g/mol. The van der Waals surface area contributed by atoms with E-state index in [1.54, 1.807) is 0 Å². The van der Waals surface area contributed by atoms with Crippen LogP contribution < -0.4 is 0 Å². The van der Waals surface area contributed by atoms with E-state index in [2.05, 4.69) is 26.6 Å². The van der Waals surface area contributed by atoms with Gasteiger partial charge in [-0.3, -0.25) is 0 Å². The molecule has 2 heteroatoms. The number of rotatable bonds is 2. The molecule has 0 radical (unpaired) electrons. The lowest BCUT2D eigenvalue weighted by Gasteiger charge is -1.96. The zero-order chi connectivity index (χ0) is 6.57. The van der Waals surface area contributed by atoms with Crippen LogP contribution in [-0.2, 0) is 0 Å². The zero-order valence-electron chi connectivity index (χ0n) is 6.41. The predicted octanol–water partition coefficient (Wildman–Crippen LogP) is 2.35. The van der Waals surface area contributed by atoms with E-state index < -0.39 is 0 Å². The Hall–Kier alpha value is 0.434. The van der Waals surface area contributed by atoms with E-state index in [-0.39, 0.29) is 15.8 Å². The van der Waals surface area contributed by atoms with Crippen molar-refractivity contribution >= 4 is 15.8 Å². The lowest BCUT2D eigenvalue weighted by atomic mass is 10.6. The molecule has 0 aromatic carbocycles. The third kappa shape index (κ3) is 3.44. The quantitative estimate of drug-likeness (QED) is 0.522. The van der Waals surface area contributed by atoms with E-state index in [1.165, 1.54) is 12.5 Å². The van der Waals surface area contributed by atoms with Crippen LogP contribution in [0, 0.1) is 0 Å². The third-order valence-electron chi connectivity index (χ3n) is 1.48. The summed E-state index contributed by atoms with van der Waals surface area (Å²) in [6.07, 6.45) is 1.40. The van der Waals surface area contributed by atoms with Crippen molar-refractivity contribution in [2.45, 2.75) is 39.0 Å². The molecule has 0 saturated carbocycles. The molecule has 0 spiro atoms. The highest BCUT2D eigenvalue weighted by Gasteiger charge is 1.89. The van der Waals surface area contributed by atoms with Crippen molar-refractivity contribution in [3.8, 4) is 0 Å². The largest absolute Gasteiger partial charge is 0.0654 e. The van der Waals surface area contributed by atoms with Crippen LogP contribution in [0.15, 0.2) is 0 Å². The van der Waals surface area contributed by atoms with E-state index in [4.69, 9.17) is 0 Å². The topological polar surface area (TPSA) is 0 Å². The van der Waals surface area contributed by atoms with Gasteiger partial charge in [-0.05, 0) is 21.8 Å². The molecule has 0 aliphatic heterocycles. The molecule has 0 rings (SSSR count). The molecule has 0 aromatic rings.